The van der Waals surface area contributed by atoms with Gasteiger partial charge in [0, 0.05) is 12.1 Å². The lowest BCUT2D eigenvalue weighted by Crippen LogP contribution is -2.54. The first-order valence-corrected chi connectivity index (χ1v) is 11.7. The van der Waals surface area contributed by atoms with E-state index in [0.29, 0.717) is 24.7 Å². The first-order chi connectivity index (χ1) is 12.3. The summed E-state index contributed by atoms with van der Waals surface area (Å²) in [5.41, 5.74) is 0. The number of imide groups is 1. The molecule has 0 unspecified atom stereocenters. The van der Waals surface area contributed by atoms with Crippen molar-refractivity contribution in [3.05, 3.63) is 0 Å². The Labute approximate surface area is 156 Å². The summed E-state index contributed by atoms with van der Waals surface area (Å²) in [7, 11) is -3.72. The molecule has 0 aliphatic heterocycles. The summed E-state index contributed by atoms with van der Waals surface area (Å²) >= 11 is 0. The van der Waals surface area contributed by atoms with Crippen LogP contribution >= 0.6 is 0 Å². The SMILES string of the molecule is C[C@H](NC(=O)NC(=O)N(C1CCCCC1)S(C)(=O)=O)[C@H]1C[C@@H]2CC[C@H]1C2. The third-order valence-electron chi connectivity index (χ3n) is 6.48. The number of hydrogen-bond donors (Lipinski definition) is 2. The van der Waals surface area contributed by atoms with Crippen LogP contribution in [0, 0.1) is 17.8 Å². The zero-order valence-electron chi connectivity index (χ0n) is 15.7. The molecule has 8 heteroatoms. The maximum atomic E-state index is 12.5. The van der Waals surface area contributed by atoms with E-state index >= 15 is 0 Å². The lowest BCUT2D eigenvalue weighted by atomic mass is 9.84. The van der Waals surface area contributed by atoms with Gasteiger partial charge in [0.05, 0.1) is 6.26 Å². The molecular weight excluding hydrogens is 354 g/mol. The second-order valence-corrected chi connectivity index (χ2v) is 10.2. The van der Waals surface area contributed by atoms with E-state index in [1.54, 1.807) is 0 Å². The molecule has 0 aromatic rings. The fraction of sp³-hybridized carbons (Fsp3) is 0.889. The number of rotatable bonds is 4. The molecule has 3 fully saturated rings. The molecule has 7 nitrogen and oxygen atoms in total. The highest BCUT2D eigenvalue weighted by Crippen LogP contribution is 2.49. The van der Waals surface area contributed by atoms with E-state index in [1.165, 1.54) is 19.3 Å². The van der Waals surface area contributed by atoms with Crippen molar-refractivity contribution in [2.24, 2.45) is 17.8 Å². The normalized spacial score (nSPS) is 30.0. The van der Waals surface area contributed by atoms with Gasteiger partial charge in [0.1, 0.15) is 0 Å². The molecule has 2 N–H and O–H groups in total. The summed E-state index contributed by atoms with van der Waals surface area (Å²) in [6.45, 7) is 1.98. The molecule has 4 atom stereocenters. The van der Waals surface area contributed by atoms with E-state index in [9.17, 15) is 18.0 Å². The number of carbonyl (C=O) groups excluding carboxylic acids is 2. The maximum Gasteiger partial charge on any atom is 0.339 e. The lowest BCUT2D eigenvalue weighted by molar-refractivity contribution is 0.193. The molecule has 0 heterocycles. The second-order valence-electron chi connectivity index (χ2n) is 8.38. The van der Waals surface area contributed by atoms with E-state index in [0.717, 1.165) is 42.2 Å². The molecule has 0 saturated heterocycles. The van der Waals surface area contributed by atoms with Gasteiger partial charge in [-0.25, -0.2) is 22.3 Å². The van der Waals surface area contributed by atoms with E-state index in [4.69, 9.17) is 0 Å². The molecule has 3 rings (SSSR count). The first-order valence-electron chi connectivity index (χ1n) is 9.86. The van der Waals surface area contributed by atoms with E-state index in [2.05, 4.69) is 10.6 Å². The molecule has 0 radical (unpaired) electrons. The number of amides is 4. The van der Waals surface area contributed by atoms with Crippen LogP contribution < -0.4 is 10.6 Å². The molecule has 0 aromatic heterocycles. The Morgan fingerprint density at radius 3 is 2.27 bits per heavy atom. The Hall–Kier alpha value is -1.31. The summed E-state index contributed by atoms with van der Waals surface area (Å²) < 4.78 is 25.1. The van der Waals surface area contributed by atoms with Gasteiger partial charge in [-0.15, -0.1) is 0 Å². The Kier molecular flexibility index (Phi) is 5.79. The number of carbonyl (C=O) groups is 2. The summed E-state index contributed by atoms with van der Waals surface area (Å²) in [6.07, 6.45) is 10.1. The number of nitrogens with one attached hydrogen (secondary N) is 2. The van der Waals surface area contributed by atoms with Crippen LogP contribution in [-0.4, -0.2) is 43.1 Å². The first kappa shape index (κ1) is 19.5. The molecule has 2 bridgehead atoms. The predicted molar refractivity (Wildman–Crippen MR) is 99.0 cm³/mol. The van der Waals surface area contributed by atoms with E-state index in [1.807, 2.05) is 6.92 Å². The van der Waals surface area contributed by atoms with E-state index in [-0.39, 0.29) is 12.1 Å². The van der Waals surface area contributed by atoms with Crippen LogP contribution in [0.3, 0.4) is 0 Å². The summed E-state index contributed by atoms with van der Waals surface area (Å²) in [4.78, 5) is 24.8. The summed E-state index contributed by atoms with van der Waals surface area (Å²) in [6, 6.07) is -1.80. The van der Waals surface area contributed by atoms with Crippen LogP contribution in [0.2, 0.25) is 0 Å². The topological polar surface area (TPSA) is 95.6 Å². The smallest absolute Gasteiger partial charge is 0.335 e. The van der Waals surface area contributed by atoms with Gasteiger partial charge in [-0.3, -0.25) is 5.32 Å². The molecule has 3 aliphatic rings. The number of sulfonamides is 1. The van der Waals surface area contributed by atoms with Gasteiger partial charge in [-0.05, 0) is 56.8 Å². The minimum Gasteiger partial charge on any atom is -0.335 e. The van der Waals surface area contributed by atoms with Gasteiger partial charge < -0.3 is 5.32 Å². The van der Waals surface area contributed by atoms with Crippen molar-refractivity contribution in [1.29, 1.82) is 0 Å². The largest absolute Gasteiger partial charge is 0.339 e. The maximum absolute atomic E-state index is 12.5. The minimum absolute atomic E-state index is 0.0144. The highest BCUT2D eigenvalue weighted by atomic mass is 32.2. The molecule has 0 spiro atoms. The van der Waals surface area contributed by atoms with Crippen molar-refractivity contribution in [2.45, 2.75) is 76.8 Å². The Morgan fingerprint density at radius 1 is 1.04 bits per heavy atom. The van der Waals surface area contributed by atoms with Crippen molar-refractivity contribution in [2.75, 3.05) is 6.26 Å². The molecule has 3 saturated carbocycles. The Morgan fingerprint density at radius 2 is 1.73 bits per heavy atom. The van der Waals surface area contributed by atoms with Crippen molar-refractivity contribution < 1.29 is 18.0 Å². The zero-order valence-corrected chi connectivity index (χ0v) is 16.6. The minimum atomic E-state index is -3.72. The van der Waals surface area contributed by atoms with Crippen molar-refractivity contribution in [3.63, 3.8) is 0 Å². The third-order valence-corrected chi connectivity index (χ3v) is 7.66. The van der Waals surface area contributed by atoms with Crippen molar-refractivity contribution in [3.8, 4) is 0 Å². The van der Waals surface area contributed by atoms with Gasteiger partial charge in [0.15, 0.2) is 0 Å². The Balaban J connectivity index is 1.57. The average Bonchev–Trinajstić information content (AvgIpc) is 3.17. The number of urea groups is 2. The van der Waals surface area contributed by atoms with Gasteiger partial charge in [0.2, 0.25) is 10.0 Å². The number of hydrogen-bond acceptors (Lipinski definition) is 4. The molecule has 148 valence electrons. The number of nitrogens with zero attached hydrogens (tertiary/aromatic N) is 1. The highest BCUT2D eigenvalue weighted by Gasteiger charge is 2.42. The van der Waals surface area contributed by atoms with Crippen LogP contribution in [0.1, 0.15) is 64.7 Å². The molecule has 26 heavy (non-hydrogen) atoms. The third kappa shape index (κ3) is 4.32. The number of fused-ring (bicyclic) bond motifs is 2. The van der Waals surface area contributed by atoms with Crippen molar-refractivity contribution >= 4 is 22.1 Å². The average molecular weight is 386 g/mol. The van der Waals surface area contributed by atoms with Gasteiger partial charge in [-0.2, -0.15) is 0 Å². The summed E-state index contributed by atoms with van der Waals surface area (Å²) in [5.74, 6) is 1.91. The van der Waals surface area contributed by atoms with Gasteiger partial charge >= 0.3 is 12.1 Å². The fourth-order valence-electron chi connectivity index (χ4n) is 5.31. The monoisotopic (exact) mass is 385 g/mol. The Bertz CT molecular complexity index is 645. The van der Waals surface area contributed by atoms with Crippen LogP contribution in [0.5, 0.6) is 0 Å². The van der Waals surface area contributed by atoms with Crippen LogP contribution in [0.15, 0.2) is 0 Å². The van der Waals surface area contributed by atoms with Crippen molar-refractivity contribution in [1.82, 2.24) is 14.9 Å². The molecule has 0 aromatic carbocycles. The summed E-state index contributed by atoms with van der Waals surface area (Å²) in [5, 5.41) is 5.09. The zero-order chi connectivity index (χ0) is 18.9. The van der Waals surface area contributed by atoms with Gasteiger partial charge in [0.25, 0.3) is 0 Å². The molecular formula is C18H31N3O4S. The molecule has 4 amide bonds. The standard InChI is InChI=1S/C18H31N3O4S/c1-12(16-11-13-8-9-14(16)10-13)19-17(22)20-18(23)21(26(2,24)25)15-6-4-3-5-7-15/h12-16H,3-11H2,1-2H3,(H2,19,20,22,23)/t12-,13+,14-,16+/m0/s1. The van der Waals surface area contributed by atoms with Crippen LogP contribution in [-0.2, 0) is 10.0 Å². The fourth-order valence-corrected chi connectivity index (χ4v) is 6.41. The highest BCUT2D eigenvalue weighted by molar-refractivity contribution is 7.88. The quantitative estimate of drug-likeness (QED) is 0.778. The predicted octanol–water partition coefficient (Wildman–Crippen LogP) is 2.82. The van der Waals surface area contributed by atoms with E-state index < -0.39 is 22.1 Å². The molecule has 3 aliphatic carbocycles. The van der Waals surface area contributed by atoms with Gasteiger partial charge in [-0.1, -0.05) is 25.7 Å². The van der Waals surface area contributed by atoms with Crippen LogP contribution in [0.25, 0.3) is 0 Å². The lowest BCUT2D eigenvalue weighted by Gasteiger charge is -2.32. The second kappa shape index (κ2) is 7.74. The van der Waals surface area contributed by atoms with Crippen LogP contribution in [0.4, 0.5) is 9.59 Å².